The summed E-state index contributed by atoms with van der Waals surface area (Å²) < 4.78 is 0. The fraction of sp³-hybridized carbons (Fsp3) is 0.136. The zero-order valence-electron chi connectivity index (χ0n) is 15.6. The Bertz CT molecular complexity index is 724. The molecule has 3 aromatic rings. The lowest BCUT2D eigenvalue weighted by Crippen LogP contribution is -2.43. The van der Waals surface area contributed by atoms with Crippen molar-refractivity contribution >= 4 is 29.4 Å². The molecule has 3 N–H and O–H groups in total. The maximum Gasteiger partial charge on any atom is 0.178 e. The number of hydrogen-bond donors (Lipinski definition) is 2. The molecule has 0 aliphatic rings. The minimum atomic E-state index is -1.86. The van der Waals surface area contributed by atoms with Crippen LogP contribution in [-0.2, 0) is 0 Å². The molecule has 0 bridgehead atoms. The molecule has 27 heavy (non-hydrogen) atoms. The molecule has 140 valence electrons. The summed E-state index contributed by atoms with van der Waals surface area (Å²) in [6.45, 7) is 4.45. The summed E-state index contributed by atoms with van der Waals surface area (Å²) >= 11 is 0. The summed E-state index contributed by atoms with van der Waals surface area (Å²) in [7, 11) is -1.86. The van der Waals surface area contributed by atoms with Crippen molar-refractivity contribution in [2.45, 2.75) is 19.9 Å². The van der Waals surface area contributed by atoms with Gasteiger partial charge in [-0.1, -0.05) is 54.6 Å². The van der Waals surface area contributed by atoms with Crippen molar-refractivity contribution in [3.63, 3.8) is 0 Å². The summed E-state index contributed by atoms with van der Waals surface area (Å²) in [6, 6.07) is 33.0. The average molecular weight is 380 g/mol. The van der Waals surface area contributed by atoms with Gasteiger partial charge in [0, 0.05) is 6.04 Å². The van der Waals surface area contributed by atoms with E-state index in [-0.39, 0.29) is 0 Å². The molecule has 0 aliphatic carbocycles. The van der Waals surface area contributed by atoms with Crippen molar-refractivity contribution in [3.05, 3.63) is 91.0 Å². The molecular formula is C22H25N2O2P. The highest BCUT2D eigenvalue weighted by Gasteiger charge is 2.46. The highest BCUT2D eigenvalue weighted by Crippen LogP contribution is 2.51. The fourth-order valence-corrected chi connectivity index (χ4v) is 6.99. The van der Waals surface area contributed by atoms with Crippen molar-refractivity contribution in [3.8, 4) is 0 Å². The molecule has 4 nitrogen and oxygen atoms in total. The highest BCUT2D eigenvalue weighted by molar-refractivity contribution is 7.94. The molecule has 3 aromatic carbocycles. The standard InChI is InChI=1S/C21H23NP.CH3NO2/c1-18(2)22-23(19-12-6-3-7-13-19,20-14-8-4-9-15-20)21-16-10-5-11-17-21;2-1(3)4/h3-18,22H,1-2H3;2H2,(H,3,4)/q+1;/p-1. The van der Waals surface area contributed by atoms with Gasteiger partial charge in [0.1, 0.15) is 22.0 Å². The number of nitrogens with one attached hydrogen (secondary N) is 1. The topological polar surface area (TPSA) is 78.2 Å². The van der Waals surface area contributed by atoms with Crippen LogP contribution in [0, 0.1) is 0 Å². The number of carbonyl (C=O) groups excluding carboxylic acids is 1. The summed E-state index contributed by atoms with van der Waals surface area (Å²) in [5.74, 6) is 0. The Morgan fingerprint density at radius 1 is 0.778 bits per heavy atom. The molecule has 5 heteroatoms. The van der Waals surface area contributed by atoms with Crippen LogP contribution < -0.4 is 31.8 Å². The van der Waals surface area contributed by atoms with Crippen molar-refractivity contribution < 1.29 is 9.90 Å². The molecule has 1 amide bonds. The summed E-state index contributed by atoms with van der Waals surface area (Å²) in [5, 5.41) is 16.7. The Morgan fingerprint density at radius 3 is 1.26 bits per heavy atom. The minimum absolute atomic E-state index is 0.393. The van der Waals surface area contributed by atoms with Crippen LogP contribution in [0.15, 0.2) is 91.0 Å². The van der Waals surface area contributed by atoms with Gasteiger partial charge in [-0.25, -0.2) is 0 Å². The predicted molar refractivity (Wildman–Crippen MR) is 113 cm³/mol. The first-order valence-corrected chi connectivity index (χ1v) is 10.6. The summed E-state index contributed by atoms with van der Waals surface area (Å²) in [4.78, 5) is 8.67. The van der Waals surface area contributed by atoms with Crippen LogP contribution in [0.4, 0.5) is 4.79 Å². The molecule has 0 saturated heterocycles. The molecule has 0 fully saturated rings. The number of carbonyl (C=O) groups is 1. The van der Waals surface area contributed by atoms with E-state index in [1.165, 1.54) is 15.9 Å². The van der Waals surface area contributed by atoms with Gasteiger partial charge in [0.2, 0.25) is 0 Å². The third kappa shape index (κ3) is 5.40. The highest BCUT2D eigenvalue weighted by atomic mass is 31.2. The molecule has 0 atom stereocenters. The van der Waals surface area contributed by atoms with Crippen molar-refractivity contribution in [1.82, 2.24) is 5.09 Å². The van der Waals surface area contributed by atoms with E-state index in [4.69, 9.17) is 9.90 Å². The van der Waals surface area contributed by atoms with Crippen LogP contribution in [0.2, 0.25) is 0 Å². The van der Waals surface area contributed by atoms with Gasteiger partial charge < -0.3 is 15.6 Å². The van der Waals surface area contributed by atoms with E-state index < -0.39 is 13.5 Å². The van der Waals surface area contributed by atoms with Gasteiger partial charge in [-0.15, -0.1) is 0 Å². The first-order chi connectivity index (χ1) is 13.0. The van der Waals surface area contributed by atoms with E-state index >= 15 is 0 Å². The molecule has 0 saturated carbocycles. The normalized spacial score (nSPS) is 10.8. The Morgan fingerprint density at radius 2 is 1.04 bits per heavy atom. The number of rotatable bonds is 5. The van der Waals surface area contributed by atoms with Crippen molar-refractivity contribution in [1.29, 1.82) is 0 Å². The lowest BCUT2D eigenvalue weighted by molar-refractivity contribution is -0.245. The van der Waals surface area contributed by atoms with Gasteiger partial charge >= 0.3 is 0 Å². The van der Waals surface area contributed by atoms with Gasteiger partial charge in [0.05, 0.1) is 0 Å². The first kappa shape index (κ1) is 20.6. The van der Waals surface area contributed by atoms with Crippen LogP contribution >= 0.6 is 7.41 Å². The lowest BCUT2D eigenvalue weighted by atomic mass is 10.4. The molecule has 0 aromatic heterocycles. The Balaban J connectivity index is 0.000000596. The summed E-state index contributed by atoms with van der Waals surface area (Å²) in [6.07, 6.45) is -1.58. The zero-order valence-corrected chi connectivity index (χ0v) is 16.5. The second-order valence-electron chi connectivity index (χ2n) is 6.28. The van der Waals surface area contributed by atoms with Crippen LogP contribution in [0.3, 0.4) is 0 Å². The minimum Gasteiger partial charge on any atom is -0.530 e. The molecule has 0 unspecified atom stereocenters. The molecular weight excluding hydrogens is 355 g/mol. The van der Waals surface area contributed by atoms with Crippen molar-refractivity contribution in [2.24, 2.45) is 5.73 Å². The van der Waals surface area contributed by atoms with Gasteiger partial charge in [-0.05, 0) is 50.2 Å². The maximum absolute atomic E-state index is 8.67. The average Bonchev–Trinajstić information content (AvgIpc) is 2.67. The van der Waals surface area contributed by atoms with Gasteiger partial charge in [-0.3, -0.25) is 0 Å². The number of benzene rings is 3. The lowest BCUT2D eigenvalue weighted by Gasteiger charge is -2.29. The number of hydrogen-bond acceptors (Lipinski definition) is 3. The van der Waals surface area contributed by atoms with Gasteiger partial charge in [-0.2, -0.15) is 5.09 Å². The maximum atomic E-state index is 8.67. The number of nitrogens with two attached hydrogens (primary N) is 1. The van der Waals surface area contributed by atoms with E-state index in [9.17, 15) is 0 Å². The van der Waals surface area contributed by atoms with Crippen LogP contribution in [-0.4, -0.2) is 12.1 Å². The largest absolute Gasteiger partial charge is 0.530 e. The Kier molecular flexibility index (Phi) is 7.54. The van der Waals surface area contributed by atoms with E-state index in [0.29, 0.717) is 6.04 Å². The van der Waals surface area contributed by atoms with Crippen LogP contribution in [0.5, 0.6) is 0 Å². The Labute approximate surface area is 161 Å². The SMILES string of the molecule is CC(C)N[P+](c1ccccc1)(c1ccccc1)c1ccccc1.NC(=O)[O-]. The number of primary amides is 1. The second kappa shape index (κ2) is 9.86. The number of amides is 1. The quantitative estimate of drug-likeness (QED) is 0.666. The number of carboxylic acid groups (broad SMARTS) is 1. The predicted octanol–water partition coefficient (Wildman–Crippen LogP) is 2.18. The van der Waals surface area contributed by atoms with E-state index in [1.807, 2.05) is 0 Å². The van der Waals surface area contributed by atoms with Crippen molar-refractivity contribution in [2.75, 3.05) is 0 Å². The smallest absolute Gasteiger partial charge is 0.178 e. The fourth-order valence-electron chi connectivity index (χ4n) is 3.01. The van der Waals surface area contributed by atoms with E-state index in [1.54, 1.807) is 0 Å². The third-order valence-corrected chi connectivity index (χ3v) is 8.00. The second-order valence-corrected chi connectivity index (χ2v) is 9.43. The van der Waals surface area contributed by atoms with Crippen LogP contribution in [0.1, 0.15) is 13.8 Å². The molecule has 0 radical (unpaired) electrons. The van der Waals surface area contributed by atoms with E-state index in [0.717, 1.165) is 0 Å². The summed E-state index contributed by atoms with van der Waals surface area (Å²) in [5.41, 5.74) is 3.92. The van der Waals surface area contributed by atoms with Gasteiger partial charge in [0.15, 0.2) is 7.41 Å². The molecule has 0 aliphatic heterocycles. The Hall–Kier alpha value is -2.68. The van der Waals surface area contributed by atoms with Gasteiger partial charge in [0.25, 0.3) is 0 Å². The van der Waals surface area contributed by atoms with Crippen LogP contribution in [0.25, 0.3) is 0 Å². The first-order valence-electron chi connectivity index (χ1n) is 8.77. The zero-order chi connectivity index (χ0) is 19.7. The molecule has 3 rings (SSSR count). The molecule has 0 spiro atoms. The van der Waals surface area contributed by atoms with E-state index in [2.05, 4.69) is 116 Å². The monoisotopic (exact) mass is 380 g/mol. The molecule has 0 heterocycles. The third-order valence-electron chi connectivity index (χ3n) is 3.88.